The Hall–Kier alpha value is -4.59. The minimum absolute atomic E-state index is 0.0279. The average molecular weight is 682 g/mol. The zero-order valence-corrected chi connectivity index (χ0v) is 28.2. The molecule has 14 heteroatoms. The lowest BCUT2D eigenvalue weighted by molar-refractivity contribution is -0.147. The van der Waals surface area contributed by atoms with Gasteiger partial charge in [0.25, 0.3) is 5.91 Å². The molecule has 5 amide bonds. The highest BCUT2D eigenvalue weighted by molar-refractivity contribution is 5.97. The molecule has 0 aromatic heterocycles. The highest BCUT2D eigenvalue weighted by Crippen LogP contribution is 2.31. The number of methoxy groups -OCH3 is 1. The zero-order chi connectivity index (χ0) is 35.5. The Balaban J connectivity index is 1.52. The monoisotopic (exact) mass is 681 g/mol. The first-order valence-electron chi connectivity index (χ1n) is 16.9. The molecular formula is C35H47N5O9. The minimum Gasteiger partial charge on any atom is -0.469 e. The molecule has 0 radical (unpaired) electrons. The van der Waals surface area contributed by atoms with Crippen molar-refractivity contribution in [2.45, 2.75) is 95.4 Å². The van der Waals surface area contributed by atoms with E-state index >= 15 is 0 Å². The van der Waals surface area contributed by atoms with Crippen LogP contribution in [0.5, 0.6) is 0 Å². The molecule has 49 heavy (non-hydrogen) atoms. The lowest BCUT2D eigenvalue weighted by atomic mass is 9.89. The molecule has 1 unspecified atom stereocenters. The fourth-order valence-electron chi connectivity index (χ4n) is 6.38. The number of ether oxygens (including phenoxy) is 2. The largest absolute Gasteiger partial charge is 0.469 e. The number of primary amides is 1. The summed E-state index contributed by atoms with van der Waals surface area (Å²) in [5, 5.41) is 8.24. The minimum atomic E-state index is -1.09. The fraction of sp³-hybridized carbons (Fsp3) is 0.571. The van der Waals surface area contributed by atoms with E-state index in [9.17, 15) is 33.6 Å². The van der Waals surface area contributed by atoms with Crippen molar-refractivity contribution in [3.05, 3.63) is 41.5 Å². The van der Waals surface area contributed by atoms with Gasteiger partial charge in [-0.05, 0) is 61.6 Å². The molecule has 266 valence electrons. The molecule has 3 aliphatic rings. The van der Waals surface area contributed by atoms with Gasteiger partial charge in [0.05, 0.1) is 19.8 Å². The first-order chi connectivity index (χ1) is 23.5. The number of epoxide rings is 1. The van der Waals surface area contributed by atoms with Gasteiger partial charge in [-0.25, -0.2) is 0 Å². The van der Waals surface area contributed by atoms with E-state index in [1.165, 1.54) is 18.9 Å². The molecule has 1 aromatic rings. The molecule has 5 N–H and O–H groups in total. The van der Waals surface area contributed by atoms with Crippen LogP contribution >= 0.6 is 0 Å². The number of hydrogen-bond donors (Lipinski definition) is 4. The normalized spacial score (nSPS) is 19.7. The number of allylic oxidation sites excluding steroid dienone is 1. The number of nitrogens with two attached hydrogens (primary N) is 1. The Morgan fingerprint density at radius 3 is 2.45 bits per heavy atom. The van der Waals surface area contributed by atoms with E-state index in [1.807, 2.05) is 30.3 Å². The number of esters is 1. The van der Waals surface area contributed by atoms with Crippen molar-refractivity contribution in [1.29, 1.82) is 0 Å². The summed E-state index contributed by atoms with van der Waals surface area (Å²) >= 11 is 0. The molecule has 2 aliphatic heterocycles. The van der Waals surface area contributed by atoms with Gasteiger partial charge in [-0.3, -0.25) is 33.6 Å². The van der Waals surface area contributed by atoms with Crippen LogP contribution in [0, 0.1) is 5.92 Å². The Morgan fingerprint density at radius 2 is 1.76 bits per heavy atom. The third kappa shape index (κ3) is 10.7. The molecule has 1 aliphatic carbocycles. The standard InChI is InChI=1S/C35H47N5O9/c1-21(41)37-16-7-9-24(32(36)44)19-29(42)27(18-23-13-12-22-8-3-4-10-25(22)23)39-33(45)28-11-5-6-17-40(28)35(47)26(14-15-31(43)48-2)38-34(46)30-20-49-30/h3-4,8,10,13,24,26-28,30H,5-7,9,11-12,14-20H2,1-2H3,(H2,36,44)(H,37,41)(H,38,46)(H,39,45)/t24-,26+,27+,28+,30?/m1/s1. The molecular weight excluding hydrogens is 634 g/mol. The van der Waals surface area contributed by atoms with E-state index in [-0.39, 0.29) is 56.9 Å². The zero-order valence-electron chi connectivity index (χ0n) is 28.2. The van der Waals surface area contributed by atoms with Gasteiger partial charge >= 0.3 is 5.97 Å². The number of fused-ring (bicyclic) bond motifs is 1. The van der Waals surface area contributed by atoms with Crippen LogP contribution in [0.3, 0.4) is 0 Å². The number of nitrogens with one attached hydrogen (secondary N) is 3. The summed E-state index contributed by atoms with van der Waals surface area (Å²) in [5.74, 6) is -4.08. The number of likely N-dealkylation sites (tertiary alicyclic amines) is 1. The van der Waals surface area contributed by atoms with Gasteiger partial charge in [0.2, 0.25) is 23.6 Å². The SMILES string of the molecule is COC(=O)CC[C@H](NC(=O)C1CO1)C(=O)N1CCCC[C@H]1C(=O)N[C@@H](CC1=CCc2ccccc21)C(=O)C[C@@H](CCCNC(C)=O)C(N)=O. The number of Topliss-reactive ketones (excluding diaryl/α,β-unsaturated/α-hetero) is 1. The number of ketones is 1. The van der Waals surface area contributed by atoms with E-state index in [0.29, 0.717) is 38.6 Å². The maximum Gasteiger partial charge on any atom is 0.305 e. The quantitative estimate of drug-likeness (QED) is 0.0976. The third-order valence-corrected chi connectivity index (χ3v) is 9.21. The molecule has 2 heterocycles. The van der Waals surface area contributed by atoms with Crippen molar-refractivity contribution in [2.24, 2.45) is 11.7 Å². The second-order valence-corrected chi connectivity index (χ2v) is 12.8. The molecule has 2 saturated heterocycles. The first-order valence-corrected chi connectivity index (χ1v) is 16.9. The van der Waals surface area contributed by atoms with Crippen LogP contribution in [-0.4, -0.2) is 97.2 Å². The summed E-state index contributed by atoms with van der Waals surface area (Å²) < 4.78 is 9.77. The Labute approximate surface area is 285 Å². The van der Waals surface area contributed by atoms with Crippen molar-refractivity contribution in [3.8, 4) is 0 Å². The predicted octanol–water partition coefficient (Wildman–Crippen LogP) is 0.696. The van der Waals surface area contributed by atoms with E-state index in [1.54, 1.807) is 0 Å². The van der Waals surface area contributed by atoms with E-state index in [0.717, 1.165) is 16.7 Å². The fourth-order valence-corrected chi connectivity index (χ4v) is 6.38. The molecule has 2 fully saturated rings. The van der Waals surface area contributed by atoms with Crippen LogP contribution in [0.4, 0.5) is 0 Å². The van der Waals surface area contributed by atoms with Crippen LogP contribution < -0.4 is 21.7 Å². The topological polar surface area (TPSA) is 207 Å². The van der Waals surface area contributed by atoms with Crippen molar-refractivity contribution < 1.29 is 43.0 Å². The lowest BCUT2D eigenvalue weighted by Crippen LogP contribution is -2.59. The summed E-state index contributed by atoms with van der Waals surface area (Å²) in [5.41, 5.74) is 8.64. The molecule has 4 rings (SSSR count). The molecule has 1 aromatic carbocycles. The van der Waals surface area contributed by atoms with Crippen molar-refractivity contribution in [2.75, 3.05) is 26.8 Å². The maximum atomic E-state index is 14.0. The van der Waals surface area contributed by atoms with Gasteiger partial charge in [0.15, 0.2) is 11.9 Å². The van der Waals surface area contributed by atoms with Gasteiger partial charge in [0, 0.05) is 45.2 Å². The van der Waals surface area contributed by atoms with E-state index < -0.39 is 59.7 Å². The molecule has 0 spiro atoms. The van der Waals surface area contributed by atoms with Gasteiger partial charge in [-0.2, -0.15) is 0 Å². The van der Waals surface area contributed by atoms with Crippen LogP contribution in [0.2, 0.25) is 0 Å². The third-order valence-electron chi connectivity index (χ3n) is 9.21. The number of nitrogens with zero attached hydrogens (tertiary/aromatic N) is 1. The van der Waals surface area contributed by atoms with Crippen molar-refractivity contribution in [3.63, 3.8) is 0 Å². The number of benzene rings is 1. The summed E-state index contributed by atoms with van der Waals surface area (Å²) in [6.07, 6.45) is 4.21. The Morgan fingerprint density at radius 1 is 1.02 bits per heavy atom. The van der Waals surface area contributed by atoms with E-state index in [2.05, 4.69) is 16.0 Å². The number of piperidine rings is 1. The highest BCUT2D eigenvalue weighted by atomic mass is 16.6. The number of carbonyl (C=O) groups excluding carboxylic acids is 7. The van der Waals surface area contributed by atoms with Crippen molar-refractivity contribution >= 4 is 46.9 Å². The lowest BCUT2D eigenvalue weighted by Gasteiger charge is -2.37. The number of carbonyl (C=O) groups is 7. The van der Waals surface area contributed by atoms with Crippen LogP contribution in [-0.2, 0) is 49.5 Å². The highest BCUT2D eigenvalue weighted by Gasteiger charge is 2.40. The smallest absolute Gasteiger partial charge is 0.305 e. The number of rotatable bonds is 18. The first kappa shape index (κ1) is 37.2. The maximum absolute atomic E-state index is 14.0. The van der Waals surface area contributed by atoms with Crippen LogP contribution in [0.25, 0.3) is 5.57 Å². The second-order valence-electron chi connectivity index (χ2n) is 12.8. The average Bonchev–Trinajstić information content (AvgIpc) is 3.87. The Kier molecular flexibility index (Phi) is 13.5. The summed E-state index contributed by atoms with van der Waals surface area (Å²) in [6, 6.07) is 4.78. The summed E-state index contributed by atoms with van der Waals surface area (Å²) in [6.45, 7) is 2.20. The van der Waals surface area contributed by atoms with Gasteiger partial charge in [-0.15, -0.1) is 0 Å². The van der Waals surface area contributed by atoms with Crippen molar-refractivity contribution in [1.82, 2.24) is 20.9 Å². The summed E-state index contributed by atoms with van der Waals surface area (Å²) in [7, 11) is 1.23. The number of hydrogen-bond acceptors (Lipinski definition) is 9. The van der Waals surface area contributed by atoms with Gasteiger partial charge in [0.1, 0.15) is 12.1 Å². The van der Waals surface area contributed by atoms with Crippen LogP contribution in [0.15, 0.2) is 30.3 Å². The van der Waals surface area contributed by atoms with E-state index in [4.69, 9.17) is 15.2 Å². The predicted molar refractivity (Wildman–Crippen MR) is 177 cm³/mol. The van der Waals surface area contributed by atoms with Gasteiger partial charge in [-0.1, -0.05) is 30.3 Å². The van der Waals surface area contributed by atoms with Gasteiger partial charge < -0.3 is 36.1 Å². The Bertz CT molecular complexity index is 1460. The molecule has 14 nitrogen and oxygen atoms in total. The molecule has 0 bridgehead atoms. The second kappa shape index (κ2) is 17.7. The van der Waals surface area contributed by atoms with Crippen LogP contribution in [0.1, 0.15) is 75.8 Å². The molecule has 0 saturated carbocycles. The number of amides is 5. The summed E-state index contributed by atoms with van der Waals surface area (Å²) in [4.78, 5) is 91.3. The molecule has 5 atom stereocenters.